The van der Waals surface area contributed by atoms with Crippen LogP contribution in [0.5, 0.6) is 5.75 Å². The fraction of sp³-hybridized carbons (Fsp3) is 0.0769. The Hall–Kier alpha value is -4.12. The molecule has 2 aromatic heterocycles. The van der Waals surface area contributed by atoms with E-state index < -0.39 is 0 Å². The van der Waals surface area contributed by atoms with Gasteiger partial charge < -0.3 is 14.5 Å². The van der Waals surface area contributed by atoms with Gasteiger partial charge >= 0.3 is 0 Å². The molecule has 0 aliphatic rings. The number of hydrogen-bond donors (Lipinski definition) is 1. The highest BCUT2D eigenvalue weighted by Crippen LogP contribution is 2.21. The third-order valence-corrected chi connectivity index (χ3v) is 5.15. The predicted molar refractivity (Wildman–Crippen MR) is 122 cm³/mol. The van der Waals surface area contributed by atoms with E-state index in [0.29, 0.717) is 24.5 Å². The molecule has 5 aromatic rings. The van der Waals surface area contributed by atoms with Gasteiger partial charge in [-0.15, -0.1) is 0 Å². The minimum absolute atomic E-state index is 0.0612. The maximum atomic E-state index is 12.7. The second-order valence-electron chi connectivity index (χ2n) is 7.38. The van der Waals surface area contributed by atoms with Crippen molar-refractivity contribution in [2.24, 2.45) is 0 Å². The van der Waals surface area contributed by atoms with Crippen molar-refractivity contribution in [2.45, 2.75) is 13.0 Å². The maximum Gasteiger partial charge on any atom is 0.228 e. The van der Waals surface area contributed by atoms with Crippen LogP contribution in [0.3, 0.4) is 0 Å². The van der Waals surface area contributed by atoms with Gasteiger partial charge in [-0.3, -0.25) is 4.79 Å². The van der Waals surface area contributed by atoms with Crippen molar-refractivity contribution in [3.05, 3.63) is 109 Å². The molecule has 0 aliphatic carbocycles. The molecule has 5 rings (SSSR count). The van der Waals surface area contributed by atoms with E-state index in [9.17, 15) is 4.79 Å². The first-order valence-corrected chi connectivity index (χ1v) is 10.2. The van der Waals surface area contributed by atoms with Crippen molar-refractivity contribution < 1.29 is 9.53 Å². The molecular formula is C26H21N3O2. The number of ether oxygens (including phenoxy) is 1. The highest BCUT2D eigenvalue weighted by Gasteiger charge is 2.08. The van der Waals surface area contributed by atoms with Crippen LogP contribution in [0.1, 0.15) is 11.3 Å². The number of rotatable bonds is 6. The molecule has 0 radical (unpaired) electrons. The molecule has 1 N–H and O–H groups in total. The first-order valence-electron chi connectivity index (χ1n) is 10.2. The zero-order valence-electron chi connectivity index (χ0n) is 16.9. The van der Waals surface area contributed by atoms with E-state index in [1.165, 1.54) is 0 Å². The first-order chi connectivity index (χ1) is 15.2. The number of carbonyl (C=O) groups is 1. The van der Waals surface area contributed by atoms with Crippen molar-refractivity contribution in [3.63, 3.8) is 0 Å². The number of nitrogens with zero attached hydrogens (tertiary/aromatic N) is 2. The number of amides is 1. The summed E-state index contributed by atoms with van der Waals surface area (Å²) < 4.78 is 7.85. The lowest BCUT2D eigenvalue weighted by molar-refractivity contribution is -0.115. The molecule has 0 spiro atoms. The minimum Gasteiger partial charge on any atom is -0.487 e. The van der Waals surface area contributed by atoms with Gasteiger partial charge in [-0.2, -0.15) is 0 Å². The Morgan fingerprint density at radius 2 is 1.77 bits per heavy atom. The van der Waals surface area contributed by atoms with E-state index in [4.69, 9.17) is 4.74 Å². The number of anilines is 1. The van der Waals surface area contributed by atoms with Crippen LogP contribution in [-0.4, -0.2) is 15.3 Å². The summed E-state index contributed by atoms with van der Waals surface area (Å²) in [7, 11) is 0. The van der Waals surface area contributed by atoms with E-state index in [2.05, 4.69) is 22.4 Å². The Kier molecular flexibility index (Phi) is 5.07. The molecule has 0 bridgehead atoms. The smallest absolute Gasteiger partial charge is 0.228 e. The summed E-state index contributed by atoms with van der Waals surface area (Å²) in [6.07, 6.45) is 4.22. The summed E-state index contributed by atoms with van der Waals surface area (Å²) in [6.45, 7) is 0.356. The SMILES string of the molecule is O=C(Cc1cccc2ccccc12)Nc1cccc(OCc2cn3ccccc3n2)c1. The van der Waals surface area contributed by atoms with E-state index in [0.717, 1.165) is 27.7 Å². The average Bonchev–Trinajstić information content (AvgIpc) is 3.21. The number of imidazole rings is 1. The average molecular weight is 407 g/mol. The number of nitrogens with one attached hydrogen (secondary N) is 1. The topological polar surface area (TPSA) is 55.6 Å². The van der Waals surface area contributed by atoms with Gasteiger partial charge in [0.25, 0.3) is 0 Å². The second-order valence-corrected chi connectivity index (χ2v) is 7.38. The summed E-state index contributed by atoms with van der Waals surface area (Å²) in [4.78, 5) is 17.2. The predicted octanol–water partition coefficient (Wildman–Crippen LogP) is 5.25. The molecule has 0 unspecified atom stereocenters. The standard InChI is InChI=1S/C26H21N3O2/c30-26(15-20-9-5-8-19-7-1-2-12-24(19)20)28-21-10-6-11-23(16-21)31-18-22-17-29-14-4-3-13-25(29)27-22/h1-14,16-17H,15,18H2,(H,28,30). The van der Waals surface area contributed by atoms with E-state index >= 15 is 0 Å². The van der Waals surface area contributed by atoms with Gasteiger partial charge in [-0.05, 0) is 40.6 Å². The molecule has 0 saturated heterocycles. The number of hydrogen-bond acceptors (Lipinski definition) is 3. The van der Waals surface area contributed by atoms with Crippen LogP contribution in [0, 0.1) is 0 Å². The Morgan fingerprint density at radius 3 is 2.71 bits per heavy atom. The largest absolute Gasteiger partial charge is 0.487 e. The summed E-state index contributed by atoms with van der Waals surface area (Å²) in [6, 6.07) is 27.4. The van der Waals surface area contributed by atoms with Gasteiger partial charge in [0, 0.05) is 24.1 Å². The summed E-state index contributed by atoms with van der Waals surface area (Å²) in [5.41, 5.74) is 3.44. The fourth-order valence-corrected chi connectivity index (χ4v) is 3.70. The lowest BCUT2D eigenvalue weighted by Gasteiger charge is -2.10. The van der Waals surface area contributed by atoms with E-state index in [1.54, 1.807) is 0 Å². The molecule has 0 aliphatic heterocycles. The number of benzene rings is 3. The molecule has 5 heteroatoms. The quantitative estimate of drug-likeness (QED) is 0.418. The zero-order chi connectivity index (χ0) is 21.0. The van der Waals surface area contributed by atoms with Crippen LogP contribution >= 0.6 is 0 Å². The molecule has 5 nitrogen and oxygen atoms in total. The fourth-order valence-electron chi connectivity index (χ4n) is 3.70. The third kappa shape index (κ3) is 4.26. The Balaban J connectivity index is 1.25. The van der Waals surface area contributed by atoms with E-state index in [-0.39, 0.29) is 5.91 Å². The Labute approximate surface area is 179 Å². The second kappa shape index (κ2) is 8.32. The zero-order valence-corrected chi connectivity index (χ0v) is 16.9. The lowest BCUT2D eigenvalue weighted by Crippen LogP contribution is -2.14. The molecule has 0 fully saturated rings. The van der Waals surface area contributed by atoms with Gasteiger partial charge in [0.2, 0.25) is 5.91 Å². The van der Waals surface area contributed by atoms with Crippen LogP contribution < -0.4 is 10.1 Å². The van der Waals surface area contributed by atoms with Crippen molar-refractivity contribution >= 4 is 28.0 Å². The summed E-state index contributed by atoms with van der Waals surface area (Å²) in [5, 5.41) is 5.21. The molecule has 31 heavy (non-hydrogen) atoms. The van der Waals surface area contributed by atoms with Crippen molar-refractivity contribution in [3.8, 4) is 5.75 Å². The van der Waals surface area contributed by atoms with Crippen molar-refractivity contribution in [1.29, 1.82) is 0 Å². The highest BCUT2D eigenvalue weighted by molar-refractivity contribution is 5.96. The molecule has 2 heterocycles. The molecule has 0 saturated carbocycles. The van der Waals surface area contributed by atoms with Crippen molar-refractivity contribution in [2.75, 3.05) is 5.32 Å². The maximum absolute atomic E-state index is 12.7. The molecule has 1 amide bonds. The number of pyridine rings is 1. The minimum atomic E-state index is -0.0612. The molecule has 152 valence electrons. The number of carbonyl (C=O) groups excluding carboxylic acids is 1. The molecule has 3 aromatic carbocycles. The van der Waals surface area contributed by atoms with Crippen LogP contribution in [0.25, 0.3) is 16.4 Å². The number of aromatic nitrogens is 2. The summed E-state index contributed by atoms with van der Waals surface area (Å²) in [5.74, 6) is 0.619. The van der Waals surface area contributed by atoms with Gasteiger partial charge in [-0.1, -0.05) is 54.6 Å². The Bertz CT molecular complexity index is 1340. The van der Waals surface area contributed by atoms with E-state index in [1.807, 2.05) is 89.6 Å². The van der Waals surface area contributed by atoms with Gasteiger partial charge in [0.1, 0.15) is 18.0 Å². The third-order valence-electron chi connectivity index (χ3n) is 5.15. The normalized spacial score (nSPS) is 11.0. The van der Waals surface area contributed by atoms with Crippen LogP contribution in [-0.2, 0) is 17.8 Å². The number of fused-ring (bicyclic) bond motifs is 2. The molecular weight excluding hydrogens is 386 g/mol. The van der Waals surface area contributed by atoms with Crippen molar-refractivity contribution in [1.82, 2.24) is 9.38 Å². The Morgan fingerprint density at radius 1 is 0.935 bits per heavy atom. The van der Waals surface area contributed by atoms with Gasteiger partial charge in [-0.25, -0.2) is 4.98 Å². The van der Waals surface area contributed by atoms with Gasteiger partial charge in [0.15, 0.2) is 0 Å². The highest BCUT2D eigenvalue weighted by atomic mass is 16.5. The first kappa shape index (κ1) is 18.9. The lowest BCUT2D eigenvalue weighted by atomic mass is 10.0. The van der Waals surface area contributed by atoms with Crippen LogP contribution in [0.4, 0.5) is 5.69 Å². The summed E-state index contributed by atoms with van der Waals surface area (Å²) >= 11 is 0. The van der Waals surface area contributed by atoms with Crippen LogP contribution in [0.2, 0.25) is 0 Å². The monoisotopic (exact) mass is 407 g/mol. The van der Waals surface area contributed by atoms with Crippen LogP contribution in [0.15, 0.2) is 97.3 Å². The van der Waals surface area contributed by atoms with Gasteiger partial charge in [0.05, 0.1) is 12.1 Å². The molecule has 0 atom stereocenters.